The molecule has 6 heteroatoms. The second kappa shape index (κ2) is 6.04. The molecule has 120 valence electrons. The lowest BCUT2D eigenvalue weighted by Crippen LogP contribution is -2.01. The van der Waals surface area contributed by atoms with E-state index in [1.807, 2.05) is 49.4 Å². The van der Waals surface area contributed by atoms with Gasteiger partial charge in [-0.15, -0.1) is 0 Å². The van der Waals surface area contributed by atoms with Gasteiger partial charge in [-0.2, -0.15) is 0 Å². The van der Waals surface area contributed by atoms with Crippen molar-refractivity contribution in [1.29, 1.82) is 0 Å². The van der Waals surface area contributed by atoms with Gasteiger partial charge in [0.2, 0.25) is 0 Å². The fourth-order valence-corrected chi connectivity index (χ4v) is 3.85. The van der Waals surface area contributed by atoms with Crippen LogP contribution in [0.4, 0.5) is 0 Å². The van der Waals surface area contributed by atoms with E-state index in [1.54, 1.807) is 0 Å². The number of ether oxygens (including phenoxy) is 1. The maximum atomic E-state index is 11.4. The lowest BCUT2D eigenvalue weighted by Gasteiger charge is -2.05. The molecule has 0 aliphatic rings. The molecule has 2 heterocycles. The fraction of sp³-hybridized carbons (Fsp3) is 0.294. The Morgan fingerprint density at radius 1 is 1.30 bits per heavy atom. The minimum Gasteiger partial charge on any atom is -0.494 e. The molecule has 0 atom stereocenters. The Balaban J connectivity index is 2.10. The summed E-state index contributed by atoms with van der Waals surface area (Å²) in [4.78, 5) is 17.1. The molecule has 0 amide bonds. The monoisotopic (exact) mass is 330 g/mol. The van der Waals surface area contributed by atoms with Crippen molar-refractivity contribution in [2.24, 2.45) is 0 Å². The summed E-state index contributed by atoms with van der Waals surface area (Å²) in [5.41, 5.74) is 3.65. The van der Waals surface area contributed by atoms with Crippen LogP contribution in [0.3, 0.4) is 0 Å². The molecule has 0 radical (unpaired) electrons. The number of imidazole rings is 1. The number of carbonyl (C=O) groups is 1. The SMILES string of the molecule is CCOc1ccc(-c2nc3sc(C(=O)O)c(CC)n3c2C)cc1. The van der Waals surface area contributed by atoms with Gasteiger partial charge in [0.25, 0.3) is 0 Å². The van der Waals surface area contributed by atoms with Crippen molar-refractivity contribution in [1.82, 2.24) is 9.38 Å². The van der Waals surface area contributed by atoms with Crippen molar-refractivity contribution < 1.29 is 14.6 Å². The van der Waals surface area contributed by atoms with Gasteiger partial charge in [0.1, 0.15) is 10.6 Å². The molecule has 2 aromatic heterocycles. The van der Waals surface area contributed by atoms with Crippen LogP contribution in [0, 0.1) is 6.92 Å². The predicted molar refractivity (Wildman–Crippen MR) is 90.7 cm³/mol. The highest BCUT2D eigenvalue weighted by atomic mass is 32.1. The van der Waals surface area contributed by atoms with Crippen LogP contribution < -0.4 is 4.74 Å². The van der Waals surface area contributed by atoms with Gasteiger partial charge >= 0.3 is 5.97 Å². The first-order valence-electron chi connectivity index (χ1n) is 7.54. The van der Waals surface area contributed by atoms with E-state index in [2.05, 4.69) is 4.98 Å². The minimum atomic E-state index is -0.889. The molecule has 0 saturated heterocycles. The van der Waals surface area contributed by atoms with Crippen LogP contribution in [0.2, 0.25) is 0 Å². The van der Waals surface area contributed by atoms with Crippen molar-refractivity contribution >= 4 is 22.3 Å². The van der Waals surface area contributed by atoms with E-state index < -0.39 is 5.97 Å². The highest BCUT2D eigenvalue weighted by Gasteiger charge is 2.21. The third-order valence-electron chi connectivity index (χ3n) is 3.77. The number of aromatic carboxylic acids is 1. The quantitative estimate of drug-likeness (QED) is 0.767. The summed E-state index contributed by atoms with van der Waals surface area (Å²) >= 11 is 1.23. The topological polar surface area (TPSA) is 63.8 Å². The van der Waals surface area contributed by atoms with Crippen molar-refractivity contribution in [3.63, 3.8) is 0 Å². The number of thiazole rings is 1. The van der Waals surface area contributed by atoms with Crippen LogP contribution in [-0.2, 0) is 6.42 Å². The van der Waals surface area contributed by atoms with E-state index in [4.69, 9.17) is 4.74 Å². The normalized spacial score (nSPS) is 11.1. The van der Waals surface area contributed by atoms with E-state index in [-0.39, 0.29) is 0 Å². The summed E-state index contributed by atoms with van der Waals surface area (Å²) in [6.45, 7) is 6.53. The maximum Gasteiger partial charge on any atom is 0.347 e. The summed E-state index contributed by atoms with van der Waals surface area (Å²) in [7, 11) is 0. The number of hydrogen-bond acceptors (Lipinski definition) is 4. The first-order chi connectivity index (χ1) is 11.1. The van der Waals surface area contributed by atoms with Crippen molar-refractivity contribution in [3.8, 4) is 17.0 Å². The largest absolute Gasteiger partial charge is 0.494 e. The Hall–Kier alpha value is -2.34. The zero-order chi connectivity index (χ0) is 16.6. The van der Waals surface area contributed by atoms with Crippen molar-refractivity contribution in [3.05, 3.63) is 40.5 Å². The third-order valence-corrected chi connectivity index (χ3v) is 4.84. The van der Waals surface area contributed by atoms with Crippen LogP contribution in [0.25, 0.3) is 16.2 Å². The van der Waals surface area contributed by atoms with E-state index in [9.17, 15) is 9.90 Å². The van der Waals surface area contributed by atoms with E-state index >= 15 is 0 Å². The van der Waals surface area contributed by atoms with Crippen LogP contribution in [0.15, 0.2) is 24.3 Å². The highest BCUT2D eigenvalue weighted by molar-refractivity contribution is 7.19. The molecule has 0 unspecified atom stereocenters. The molecular weight excluding hydrogens is 312 g/mol. The number of fused-ring (bicyclic) bond motifs is 1. The molecule has 0 aliphatic carbocycles. The first-order valence-corrected chi connectivity index (χ1v) is 8.35. The Labute approximate surface area is 138 Å². The van der Waals surface area contributed by atoms with E-state index in [0.29, 0.717) is 17.9 Å². The predicted octanol–water partition coefficient (Wildman–Crippen LogP) is 4.03. The Morgan fingerprint density at radius 2 is 2.00 bits per heavy atom. The molecule has 0 aliphatic heterocycles. The summed E-state index contributed by atoms with van der Waals surface area (Å²) in [6.07, 6.45) is 0.654. The second-order valence-corrected chi connectivity index (χ2v) is 6.14. The maximum absolute atomic E-state index is 11.4. The average Bonchev–Trinajstić information content (AvgIpc) is 3.06. The molecule has 0 bridgehead atoms. The van der Waals surface area contributed by atoms with Crippen molar-refractivity contribution in [2.45, 2.75) is 27.2 Å². The van der Waals surface area contributed by atoms with Crippen molar-refractivity contribution in [2.75, 3.05) is 6.61 Å². The van der Waals surface area contributed by atoms with Crippen LogP contribution in [0.5, 0.6) is 5.75 Å². The fourth-order valence-electron chi connectivity index (χ4n) is 2.75. The number of carboxylic acid groups (broad SMARTS) is 1. The van der Waals surface area contributed by atoms with Crippen LogP contribution in [0.1, 0.15) is 34.9 Å². The number of aryl methyl sites for hydroxylation is 2. The van der Waals surface area contributed by atoms with Gasteiger partial charge in [0, 0.05) is 17.0 Å². The molecule has 0 spiro atoms. The van der Waals surface area contributed by atoms with Gasteiger partial charge in [-0.05, 0) is 44.5 Å². The molecule has 5 nitrogen and oxygen atoms in total. The standard InChI is InChI=1S/C17H18N2O3S/c1-4-13-15(16(20)21)23-17-18-14(10(3)19(13)17)11-6-8-12(9-7-11)22-5-2/h6-9H,4-5H2,1-3H3,(H,20,21). The molecule has 3 aromatic rings. The lowest BCUT2D eigenvalue weighted by molar-refractivity contribution is 0.0700. The lowest BCUT2D eigenvalue weighted by atomic mass is 10.1. The minimum absolute atomic E-state index is 0.372. The van der Waals surface area contributed by atoms with Gasteiger partial charge < -0.3 is 9.84 Å². The number of nitrogens with zero attached hydrogens (tertiary/aromatic N) is 2. The van der Waals surface area contributed by atoms with Gasteiger partial charge in [-0.25, -0.2) is 9.78 Å². The average molecular weight is 330 g/mol. The first kappa shape index (κ1) is 15.6. The Morgan fingerprint density at radius 3 is 2.57 bits per heavy atom. The number of benzene rings is 1. The Bertz CT molecular complexity index is 862. The summed E-state index contributed by atoms with van der Waals surface area (Å²) in [5.74, 6) is -0.0586. The number of aromatic nitrogens is 2. The summed E-state index contributed by atoms with van der Waals surface area (Å²) in [5, 5.41) is 9.33. The Kier molecular flexibility index (Phi) is 4.09. The molecule has 0 fully saturated rings. The summed E-state index contributed by atoms with van der Waals surface area (Å²) < 4.78 is 7.42. The zero-order valence-corrected chi connectivity index (χ0v) is 14.1. The number of carboxylic acids is 1. The number of hydrogen-bond donors (Lipinski definition) is 1. The highest BCUT2D eigenvalue weighted by Crippen LogP contribution is 2.32. The van der Waals surface area contributed by atoms with Gasteiger partial charge in [0.15, 0.2) is 4.96 Å². The summed E-state index contributed by atoms with van der Waals surface area (Å²) in [6, 6.07) is 7.81. The van der Waals surface area contributed by atoms with Gasteiger partial charge in [-0.1, -0.05) is 18.3 Å². The van der Waals surface area contributed by atoms with E-state index in [0.717, 1.165) is 33.4 Å². The number of rotatable bonds is 5. The van der Waals surface area contributed by atoms with Gasteiger partial charge in [0.05, 0.1) is 12.3 Å². The molecule has 23 heavy (non-hydrogen) atoms. The molecular formula is C17H18N2O3S. The van der Waals surface area contributed by atoms with Crippen LogP contribution >= 0.6 is 11.3 Å². The molecule has 1 N–H and O–H groups in total. The van der Waals surface area contributed by atoms with E-state index in [1.165, 1.54) is 11.3 Å². The van der Waals surface area contributed by atoms with Crippen LogP contribution in [-0.4, -0.2) is 27.1 Å². The molecule has 0 saturated carbocycles. The second-order valence-electron chi connectivity index (χ2n) is 5.16. The smallest absolute Gasteiger partial charge is 0.347 e. The van der Waals surface area contributed by atoms with Gasteiger partial charge in [-0.3, -0.25) is 4.40 Å². The zero-order valence-electron chi connectivity index (χ0n) is 13.3. The molecule has 3 rings (SSSR count). The molecule has 1 aromatic carbocycles. The third kappa shape index (κ3) is 2.59.